The first kappa shape index (κ1) is 28.0. The number of amides is 2. The van der Waals surface area contributed by atoms with Crippen LogP contribution in [0.3, 0.4) is 0 Å². The third kappa shape index (κ3) is 5.86. The molecule has 7 nitrogen and oxygen atoms in total. The third-order valence-electron chi connectivity index (χ3n) is 9.03. The van der Waals surface area contributed by atoms with E-state index in [2.05, 4.69) is 17.6 Å². The Morgan fingerprint density at radius 3 is 2.39 bits per heavy atom. The van der Waals surface area contributed by atoms with Gasteiger partial charge in [-0.2, -0.15) is 0 Å². The lowest BCUT2D eigenvalue weighted by molar-refractivity contribution is -0.185. The lowest BCUT2D eigenvalue weighted by Crippen LogP contribution is -2.61. The molecule has 6 atom stereocenters. The maximum absolute atomic E-state index is 13.2. The van der Waals surface area contributed by atoms with Gasteiger partial charge in [-0.15, -0.1) is 0 Å². The summed E-state index contributed by atoms with van der Waals surface area (Å²) in [5, 5.41) is 27.3. The normalized spacial score (nSPS) is 30.7. The average Bonchev–Trinajstić information content (AvgIpc) is 2.89. The van der Waals surface area contributed by atoms with Crippen molar-refractivity contribution in [2.24, 2.45) is 22.7 Å². The summed E-state index contributed by atoms with van der Waals surface area (Å²) in [6.07, 6.45) is 0.799. The molecule has 2 amide bonds. The first-order valence-corrected chi connectivity index (χ1v) is 13.4. The summed E-state index contributed by atoms with van der Waals surface area (Å²) in [6, 6.07) is 13.4. The number of aliphatic hydroxyl groups is 2. The van der Waals surface area contributed by atoms with Crippen molar-refractivity contribution in [2.75, 3.05) is 11.9 Å². The van der Waals surface area contributed by atoms with E-state index >= 15 is 0 Å². The fraction of sp³-hybridized carbons (Fsp3) is 0.533. The lowest BCUT2D eigenvalue weighted by atomic mass is 9.46. The highest BCUT2D eigenvalue weighted by atomic mass is 19.1. The highest BCUT2D eigenvalue weighted by Crippen LogP contribution is 2.61. The molecule has 0 aromatic heterocycles. The number of aryl methyl sites for hydroxylation is 1. The summed E-state index contributed by atoms with van der Waals surface area (Å²) in [4.78, 5) is 25.7. The number of hydrogen-bond acceptors (Lipinski definition) is 5. The van der Waals surface area contributed by atoms with Gasteiger partial charge in [0.25, 0.3) is 0 Å². The standard InChI is InChI=1S/C30H39FN2O5/c1-19-4-10-22(11-5-19)33-28(37)38-26-14-15-29(2)23(24(35)12-13-25(29)30(26,3)18-34)16-27(36)32-17-20-6-8-21(31)9-7-20/h4-11,23-26,34-35H,12-18H2,1-3H3,(H,32,36)(H,33,37). The largest absolute Gasteiger partial charge is 0.445 e. The summed E-state index contributed by atoms with van der Waals surface area (Å²) in [5.41, 5.74) is 1.37. The van der Waals surface area contributed by atoms with E-state index < -0.39 is 29.1 Å². The zero-order valence-electron chi connectivity index (χ0n) is 22.4. The molecule has 8 heteroatoms. The predicted octanol–water partition coefficient (Wildman–Crippen LogP) is 4.94. The molecule has 0 radical (unpaired) electrons. The van der Waals surface area contributed by atoms with Gasteiger partial charge in [0.15, 0.2) is 0 Å². The van der Waals surface area contributed by atoms with Gasteiger partial charge in [0.1, 0.15) is 11.9 Å². The van der Waals surface area contributed by atoms with Gasteiger partial charge in [0.05, 0.1) is 12.7 Å². The van der Waals surface area contributed by atoms with Gasteiger partial charge in [-0.1, -0.05) is 43.7 Å². The zero-order valence-corrected chi connectivity index (χ0v) is 22.4. The van der Waals surface area contributed by atoms with E-state index in [-0.39, 0.29) is 43.1 Å². The van der Waals surface area contributed by atoms with Crippen LogP contribution in [0.25, 0.3) is 0 Å². The van der Waals surface area contributed by atoms with Crippen molar-refractivity contribution < 1.29 is 28.9 Å². The molecule has 206 valence electrons. The number of ether oxygens (including phenoxy) is 1. The van der Waals surface area contributed by atoms with E-state index in [0.717, 1.165) is 11.1 Å². The fourth-order valence-corrected chi connectivity index (χ4v) is 6.77. The van der Waals surface area contributed by atoms with Crippen LogP contribution in [0.4, 0.5) is 14.9 Å². The summed E-state index contributed by atoms with van der Waals surface area (Å²) in [6.45, 7) is 6.12. The molecule has 0 aliphatic heterocycles. The highest BCUT2D eigenvalue weighted by Gasteiger charge is 2.60. The van der Waals surface area contributed by atoms with Crippen molar-refractivity contribution >= 4 is 17.7 Å². The quantitative estimate of drug-likeness (QED) is 0.409. The minimum atomic E-state index is -0.722. The number of nitrogens with one attached hydrogen (secondary N) is 2. The molecule has 38 heavy (non-hydrogen) atoms. The third-order valence-corrected chi connectivity index (χ3v) is 9.03. The summed E-state index contributed by atoms with van der Waals surface area (Å²) in [5.74, 6) is -0.864. The number of carbonyl (C=O) groups excluding carboxylic acids is 2. The van der Waals surface area contributed by atoms with E-state index in [0.29, 0.717) is 31.4 Å². The fourth-order valence-electron chi connectivity index (χ4n) is 6.77. The summed E-state index contributed by atoms with van der Waals surface area (Å²) >= 11 is 0. The van der Waals surface area contributed by atoms with Gasteiger partial charge in [-0.25, -0.2) is 9.18 Å². The number of aliphatic hydroxyl groups excluding tert-OH is 2. The van der Waals surface area contributed by atoms with Gasteiger partial charge < -0.3 is 20.3 Å². The van der Waals surface area contributed by atoms with E-state index in [1.54, 1.807) is 12.1 Å². The smallest absolute Gasteiger partial charge is 0.411 e. The number of halogens is 1. The number of benzene rings is 2. The van der Waals surface area contributed by atoms with Crippen LogP contribution in [0.1, 0.15) is 57.1 Å². The Hall–Kier alpha value is -2.97. The van der Waals surface area contributed by atoms with Crippen molar-refractivity contribution in [1.29, 1.82) is 0 Å². The number of anilines is 1. The lowest BCUT2D eigenvalue weighted by Gasteiger charge is -2.60. The van der Waals surface area contributed by atoms with Crippen molar-refractivity contribution in [1.82, 2.24) is 5.32 Å². The Bertz CT molecular complexity index is 1120. The molecule has 2 aliphatic carbocycles. The molecule has 2 aromatic carbocycles. The van der Waals surface area contributed by atoms with Crippen LogP contribution >= 0.6 is 0 Å². The molecule has 0 heterocycles. The number of fused-ring (bicyclic) bond motifs is 1. The molecule has 2 fully saturated rings. The van der Waals surface area contributed by atoms with Crippen molar-refractivity contribution in [3.8, 4) is 0 Å². The van der Waals surface area contributed by atoms with Crippen LogP contribution in [-0.4, -0.2) is 41.0 Å². The number of carbonyl (C=O) groups is 2. The van der Waals surface area contributed by atoms with Crippen molar-refractivity contribution in [3.05, 3.63) is 65.5 Å². The topological polar surface area (TPSA) is 108 Å². The maximum atomic E-state index is 13.2. The van der Waals surface area contributed by atoms with Crippen LogP contribution in [0.5, 0.6) is 0 Å². The molecular formula is C30H39FN2O5. The van der Waals surface area contributed by atoms with Crippen LogP contribution in [0.2, 0.25) is 0 Å². The van der Waals surface area contributed by atoms with Crippen LogP contribution in [0, 0.1) is 35.4 Å². The van der Waals surface area contributed by atoms with Crippen molar-refractivity contribution in [3.63, 3.8) is 0 Å². The molecule has 0 spiro atoms. The highest BCUT2D eigenvalue weighted by molar-refractivity contribution is 5.84. The van der Waals surface area contributed by atoms with E-state index in [4.69, 9.17) is 4.74 Å². The predicted molar refractivity (Wildman–Crippen MR) is 143 cm³/mol. The van der Waals surface area contributed by atoms with Gasteiger partial charge in [-0.05, 0) is 79.7 Å². The molecule has 6 unspecified atom stereocenters. The Labute approximate surface area is 223 Å². The number of rotatable bonds is 7. The van der Waals surface area contributed by atoms with Crippen LogP contribution in [0.15, 0.2) is 48.5 Å². The van der Waals surface area contributed by atoms with Gasteiger partial charge >= 0.3 is 6.09 Å². The SMILES string of the molecule is Cc1ccc(NC(=O)OC2CCC3(C)C(CC(=O)NCc4ccc(F)cc4)C(O)CCC3C2(C)CO)cc1. The van der Waals surface area contributed by atoms with Gasteiger partial charge in [0.2, 0.25) is 5.91 Å². The zero-order chi connectivity index (χ0) is 27.5. The molecule has 2 saturated carbocycles. The van der Waals surface area contributed by atoms with E-state index in [9.17, 15) is 24.2 Å². The summed E-state index contributed by atoms with van der Waals surface area (Å²) in [7, 11) is 0. The Kier molecular flexibility index (Phi) is 8.43. The van der Waals surface area contributed by atoms with Crippen molar-refractivity contribution in [2.45, 2.75) is 71.6 Å². The first-order valence-electron chi connectivity index (χ1n) is 13.4. The minimum Gasteiger partial charge on any atom is -0.445 e. The summed E-state index contributed by atoms with van der Waals surface area (Å²) < 4.78 is 19.1. The van der Waals surface area contributed by atoms with E-state index in [1.165, 1.54) is 12.1 Å². The van der Waals surface area contributed by atoms with Crippen LogP contribution in [-0.2, 0) is 16.1 Å². The second kappa shape index (κ2) is 11.4. The average molecular weight is 527 g/mol. The molecule has 2 aromatic rings. The molecular weight excluding hydrogens is 487 g/mol. The van der Waals surface area contributed by atoms with Gasteiger partial charge in [0, 0.05) is 24.1 Å². The second-order valence-electron chi connectivity index (χ2n) is 11.5. The Morgan fingerprint density at radius 2 is 1.74 bits per heavy atom. The Morgan fingerprint density at radius 1 is 1.05 bits per heavy atom. The molecule has 0 bridgehead atoms. The first-order chi connectivity index (χ1) is 18.0. The minimum absolute atomic E-state index is 0.0516. The van der Waals surface area contributed by atoms with Crippen LogP contribution < -0.4 is 10.6 Å². The molecule has 0 saturated heterocycles. The second-order valence-corrected chi connectivity index (χ2v) is 11.5. The molecule has 4 rings (SSSR count). The molecule has 2 aliphatic rings. The Balaban J connectivity index is 1.44. The molecule has 4 N–H and O–H groups in total. The van der Waals surface area contributed by atoms with E-state index in [1.807, 2.05) is 38.1 Å². The van der Waals surface area contributed by atoms with Gasteiger partial charge in [-0.3, -0.25) is 10.1 Å². The monoisotopic (exact) mass is 526 g/mol. The maximum Gasteiger partial charge on any atom is 0.411 e. The number of hydrogen-bond donors (Lipinski definition) is 4.